The van der Waals surface area contributed by atoms with Gasteiger partial charge in [0.15, 0.2) is 0 Å². The van der Waals surface area contributed by atoms with Crippen molar-refractivity contribution in [1.29, 1.82) is 5.26 Å². The second-order valence-corrected chi connectivity index (χ2v) is 9.35. The molecule has 154 valence electrons. The van der Waals surface area contributed by atoms with Crippen LogP contribution in [0.15, 0.2) is 29.3 Å². The largest absolute Gasteiger partial charge is 0.418 e. The Morgan fingerprint density at radius 2 is 1.90 bits per heavy atom. The molecule has 1 aliphatic rings. The van der Waals surface area contributed by atoms with Crippen molar-refractivity contribution in [3.05, 3.63) is 58.0 Å². The number of aromatic nitrogens is 1. The molecule has 0 fully saturated rings. The van der Waals surface area contributed by atoms with Gasteiger partial charge in [0, 0.05) is 11.4 Å². The zero-order valence-corrected chi connectivity index (χ0v) is 17.3. The van der Waals surface area contributed by atoms with Gasteiger partial charge in [0.2, 0.25) is 0 Å². The molecule has 7 heteroatoms. The molecule has 2 nitrogen and oxygen atoms in total. The second-order valence-electron chi connectivity index (χ2n) is 8.39. The number of aryl methyl sites for hydroxylation is 1. The molecule has 29 heavy (non-hydrogen) atoms. The first-order valence-electron chi connectivity index (χ1n) is 9.41. The van der Waals surface area contributed by atoms with E-state index in [9.17, 15) is 22.8 Å². The molecule has 0 unspecified atom stereocenters. The van der Waals surface area contributed by atoms with Gasteiger partial charge in [0.05, 0.1) is 11.1 Å². The topological polar surface area (TPSA) is 36.7 Å². The quantitative estimate of drug-likeness (QED) is 0.415. The molecule has 0 radical (unpaired) electrons. The molecule has 0 amide bonds. The number of nitrogens with zero attached hydrogens (tertiary/aromatic N) is 2. The summed E-state index contributed by atoms with van der Waals surface area (Å²) in [5.41, 5.74) is -0.529. The third-order valence-corrected chi connectivity index (χ3v) is 6.50. The van der Waals surface area contributed by atoms with E-state index in [0.29, 0.717) is 17.7 Å². The molecular weight excluding hydrogens is 400 g/mol. The number of rotatable bonds is 3. The Balaban J connectivity index is 2.06. The Hall–Kier alpha value is -2.07. The minimum Gasteiger partial charge on any atom is -0.245 e. The van der Waals surface area contributed by atoms with Crippen LogP contribution >= 0.6 is 11.8 Å². The predicted octanol–water partition coefficient (Wildman–Crippen LogP) is 6.55. The fourth-order valence-electron chi connectivity index (χ4n) is 3.76. The maximum absolute atomic E-state index is 14.0. The van der Waals surface area contributed by atoms with Gasteiger partial charge >= 0.3 is 6.18 Å². The van der Waals surface area contributed by atoms with Crippen molar-refractivity contribution in [2.24, 2.45) is 11.3 Å². The number of benzene rings is 1. The number of nitriles is 1. The van der Waals surface area contributed by atoms with Crippen molar-refractivity contribution in [2.45, 2.75) is 57.0 Å². The van der Waals surface area contributed by atoms with E-state index < -0.39 is 23.1 Å². The maximum Gasteiger partial charge on any atom is 0.418 e. The normalized spacial score (nSPS) is 17.0. The number of thioether (sulfide) groups is 1. The Labute approximate surface area is 172 Å². The van der Waals surface area contributed by atoms with Crippen LogP contribution in [0.1, 0.15) is 55.1 Å². The summed E-state index contributed by atoms with van der Waals surface area (Å²) >= 11 is 0.975. The van der Waals surface area contributed by atoms with E-state index in [2.05, 4.69) is 4.98 Å². The first-order chi connectivity index (χ1) is 13.5. The number of hydrogen-bond donors (Lipinski definition) is 0. The third kappa shape index (κ3) is 4.58. The molecule has 0 bridgehead atoms. The van der Waals surface area contributed by atoms with Crippen LogP contribution < -0.4 is 0 Å². The smallest absolute Gasteiger partial charge is 0.245 e. The second kappa shape index (κ2) is 7.98. The van der Waals surface area contributed by atoms with Crippen LogP contribution in [0.3, 0.4) is 0 Å². The molecule has 1 aliphatic carbocycles. The van der Waals surface area contributed by atoms with Crippen molar-refractivity contribution in [1.82, 2.24) is 4.98 Å². The number of hydrogen-bond acceptors (Lipinski definition) is 3. The van der Waals surface area contributed by atoms with Gasteiger partial charge in [-0.3, -0.25) is 0 Å². The molecule has 3 rings (SSSR count). The van der Waals surface area contributed by atoms with E-state index in [1.807, 2.05) is 20.8 Å². The molecule has 1 aromatic heterocycles. The first kappa shape index (κ1) is 21.6. The Kier molecular flexibility index (Phi) is 5.96. The van der Waals surface area contributed by atoms with Crippen molar-refractivity contribution in [2.75, 3.05) is 0 Å². The van der Waals surface area contributed by atoms with Gasteiger partial charge in [0.1, 0.15) is 16.9 Å². The lowest BCUT2D eigenvalue weighted by Gasteiger charge is -2.36. The summed E-state index contributed by atoms with van der Waals surface area (Å²) in [7, 11) is 0. The van der Waals surface area contributed by atoms with E-state index in [-0.39, 0.29) is 34.1 Å². The van der Waals surface area contributed by atoms with Crippen LogP contribution in [-0.2, 0) is 24.8 Å². The zero-order chi connectivity index (χ0) is 21.4. The van der Waals surface area contributed by atoms with Crippen LogP contribution in [0.2, 0.25) is 0 Å². The van der Waals surface area contributed by atoms with Crippen molar-refractivity contribution >= 4 is 11.8 Å². The highest BCUT2D eigenvalue weighted by atomic mass is 32.2. The van der Waals surface area contributed by atoms with E-state index in [1.54, 1.807) is 24.3 Å². The van der Waals surface area contributed by atoms with Gasteiger partial charge in [0.25, 0.3) is 0 Å². The van der Waals surface area contributed by atoms with Gasteiger partial charge in [-0.15, -0.1) is 11.8 Å². The SMILES string of the molecule is CC(C)(C)[C@@H]1CCc2nc(SCc3ccccc3F)c(C#N)c(C(F)(F)F)c2C1. The van der Waals surface area contributed by atoms with Gasteiger partial charge in [-0.2, -0.15) is 18.4 Å². The molecule has 1 aromatic carbocycles. The number of halogens is 4. The molecular formula is C22H22F4N2S. The fourth-order valence-corrected chi connectivity index (χ4v) is 4.75. The fraction of sp³-hybridized carbons (Fsp3) is 0.455. The summed E-state index contributed by atoms with van der Waals surface area (Å²) in [6, 6.07) is 7.82. The molecule has 0 spiro atoms. The lowest BCUT2D eigenvalue weighted by molar-refractivity contribution is -0.139. The number of pyridine rings is 1. The standard InChI is InChI=1S/C22H22F4N2S/c1-21(2,3)14-8-9-18-15(10-14)19(22(24,25)26)16(11-27)20(28-18)29-12-13-6-4-5-7-17(13)23/h4-7,14H,8-10,12H2,1-3H3/t14-/m1/s1. The molecule has 2 aromatic rings. The first-order valence-corrected chi connectivity index (χ1v) is 10.4. The Morgan fingerprint density at radius 3 is 2.48 bits per heavy atom. The lowest BCUT2D eigenvalue weighted by Crippen LogP contribution is -2.30. The molecule has 0 aliphatic heterocycles. The maximum atomic E-state index is 14.0. The van der Waals surface area contributed by atoms with E-state index in [0.717, 1.165) is 18.2 Å². The van der Waals surface area contributed by atoms with E-state index >= 15 is 0 Å². The van der Waals surface area contributed by atoms with Crippen LogP contribution in [0.4, 0.5) is 17.6 Å². The van der Waals surface area contributed by atoms with Crippen molar-refractivity contribution in [3.63, 3.8) is 0 Å². The highest BCUT2D eigenvalue weighted by Crippen LogP contribution is 2.45. The molecule has 1 atom stereocenters. The average molecular weight is 422 g/mol. The monoisotopic (exact) mass is 422 g/mol. The van der Waals surface area contributed by atoms with Crippen LogP contribution in [0.5, 0.6) is 0 Å². The summed E-state index contributed by atoms with van der Waals surface area (Å²) in [5.74, 6) is -0.239. The number of alkyl halides is 3. The number of fused-ring (bicyclic) bond motifs is 1. The third-order valence-electron chi connectivity index (χ3n) is 5.47. The molecule has 0 saturated heterocycles. The van der Waals surface area contributed by atoms with Gasteiger partial charge in [-0.1, -0.05) is 39.0 Å². The summed E-state index contributed by atoms with van der Waals surface area (Å²) in [6.45, 7) is 6.06. The van der Waals surface area contributed by atoms with Gasteiger partial charge in [-0.25, -0.2) is 9.37 Å². The molecule has 0 N–H and O–H groups in total. The van der Waals surface area contributed by atoms with Gasteiger partial charge < -0.3 is 0 Å². The minimum absolute atomic E-state index is 0.0241. The molecule has 0 saturated carbocycles. The minimum atomic E-state index is -4.65. The summed E-state index contributed by atoms with van der Waals surface area (Å²) in [6.07, 6.45) is -3.19. The van der Waals surface area contributed by atoms with E-state index in [4.69, 9.17) is 0 Å². The summed E-state index contributed by atoms with van der Waals surface area (Å²) in [5, 5.41) is 9.59. The van der Waals surface area contributed by atoms with Crippen LogP contribution in [0, 0.1) is 28.5 Å². The Bertz CT molecular complexity index is 955. The molecule has 1 heterocycles. The van der Waals surface area contributed by atoms with Gasteiger partial charge in [-0.05, 0) is 47.8 Å². The highest BCUT2D eigenvalue weighted by molar-refractivity contribution is 7.98. The lowest BCUT2D eigenvalue weighted by atomic mass is 9.70. The average Bonchev–Trinajstić information content (AvgIpc) is 2.64. The van der Waals surface area contributed by atoms with E-state index in [1.165, 1.54) is 6.07 Å². The summed E-state index contributed by atoms with van der Waals surface area (Å²) in [4.78, 5) is 4.44. The van der Waals surface area contributed by atoms with Crippen molar-refractivity contribution in [3.8, 4) is 6.07 Å². The zero-order valence-electron chi connectivity index (χ0n) is 16.5. The van der Waals surface area contributed by atoms with Crippen LogP contribution in [-0.4, -0.2) is 4.98 Å². The van der Waals surface area contributed by atoms with Crippen molar-refractivity contribution < 1.29 is 17.6 Å². The predicted molar refractivity (Wildman–Crippen MR) is 105 cm³/mol. The highest BCUT2D eigenvalue weighted by Gasteiger charge is 2.42. The van der Waals surface area contributed by atoms with Crippen LogP contribution in [0.25, 0.3) is 0 Å². The summed E-state index contributed by atoms with van der Waals surface area (Å²) < 4.78 is 55.9. The Morgan fingerprint density at radius 1 is 1.21 bits per heavy atom.